The number of rotatable bonds is 11. The van der Waals surface area contributed by atoms with E-state index in [-0.39, 0.29) is 61.8 Å². The van der Waals surface area contributed by atoms with Gasteiger partial charge in [0, 0.05) is 42.7 Å². The van der Waals surface area contributed by atoms with Crippen LogP contribution >= 0.6 is 11.6 Å². The third-order valence-electron chi connectivity index (χ3n) is 12.2. The first kappa shape index (κ1) is 43.7. The average molecular weight is 932 g/mol. The van der Waals surface area contributed by atoms with Gasteiger partial charge in [0.2, 0.25) is 15.9 Å². The van der Waals surface area contributed by atoms with Crippen LogP contribution in [0.15, 0.2) is 47.4 Å². The average Bonchev–Trinajstić information content (AvgIpc) is 3.62. The van der Waals surface area contributed by atoms with E-state index in [0.29, 0.717) is 16.2 Å². The number of aromatic nitrogens is 7. The van der Waals surface area contributed by atoms with E-state index in [4.69, 9.17) is 25.9 Å². The zero-order valence-electron chi connectivity index (χ0n) is 34.7. The van der Waals surface area contributed by atoms with Gasteiger partial charge in [0.05, 0.1) is 50.5 Å². The van der Waals surface area contributed by atoms with Gasteiger partial charge >= 0.3 is 7.12 Å². The molecule has 1 saturated carbocycles. The van der Waals surface area contributed by atoms with Crippen LogP contribution in [0, 0.1) is 17.6 Å². The molecular weight excluding hydrogens is 895 g/mol. The normalized spacial score (nSPS) is 19.9. The molecule has 0 bridgehead atoms. The first-order valence-electron chi connectivity index (χ1n) is 19.8. The summed E-state index contributed by atoms with van der Waals surface area (Å²) < 4.78 is 131. The molecular formula is C40H37BClF6N9O6S. The topological polar surface area (TPSA) is 177 Å². The van der Waals surface area contributed by atoms with Crippen molar-refractivity contribution in [1.82, 2.24) is 39.4 Å². The Balaban J connectivity index is 1.24. The molecule has 64 heavy (non-hydrogen) atoms. The van der Waals surface area contributed by atoms with Crippen molar-refractivity contribution in [2.24, 2.45) is 13.0 Å². The van der Waals surface area contributed by atoms with Gasteiger partial charge in [-0.05, 0) is 75.9 Å². The fraction of sp³-hybridized carbons (Fsp3) is 0.400. The Kier molecular flexibility index (Phi) is 10.1. The van der Waals surface area contributed by atoms with Crippen molar-refractivity contribution in [2.45, 2.75) is 82.6 Å². The lowest BCUT2D eigenvalue weighted by atomic mass is 9.80. The maximum atomic E-state index is 15.5. The predicted molar refractivity (Wildman–Crippen MR) is 221 cm³/mol. The Morgan fingerprint density at radius 1 is 1.05 bits per heavy atom. The molecule has 0 spiro atoms. The number of carbonyl (C=O) groups is 1. The fourth-order valence-electron chi connectivity index (χ4n) is 8.59. The monoisotopic (exact) mass is 931 g/mol. The number of fused-ring (bicyclic) bond motifs is 5. The van der Waals surface area contributed by atoms with Gasteiger partial charge < -0.3 is 14.6 Å². The number of sulfonamides is 1. The van der Waals surface area contributed by atoms with E-state index in [1.165, 1.54) is 36.1 Å². The zero-order valence-corrected chi connectivity index (χ0v) is 36.3. The number of amides is 1. The molecule has 2 aromatic carbocycles. The van der Waals surface area contributed by atoms with E-state index in [1.54, 1.807) is 0 Å². The minimum absolute atomic E-state index is 0.00973. The van der Waals surface area contributed by atoms with Crippen molar-refractivity contribution in [3.63, 3.8) is 0 Å². The lowest BCUT2D eigenvalue weighted by Gasteiger charge is -2.32. The highest BCUT2D eigenvalue weighted by Gasteiger charge is 2.67. The molecule has 3 aliphatic rings. The van der Waals surface area contributed by atoms with Gasteiger partial charge in [0.25, 0.3) is 17.9 Å². The molecule has 24 heteroatoms. The largest absolute Gasteiger partial charge is 0.496 e. The molecule has 4 aromatic heterocycles. The molecule has 6 aromatic rings. The number of hydrogen-bond donors (Lipinski definition) is 2. The first-order valence-corrected chi connectivity index (χ1v) is 22.0. The number of nitrogens with one attached hydrogen (secondary N) is 2. The third-order valence-corrected chi connectivity index (χ3v) is 13.1. The fourth-order valence-corrected chi connectivity index (χ4v) is 9.32. The number of alkyl halides is 4. The van der Waals surface area contributed by atoms with E-state index < -0.39 is 106 Å². The lowest BCUT2D eigenvalue weighted by Crippen LogP contribution is -2.41. The van der Waals surface area contributed by atoms with Crippen LogP contribution in [0.5, 0.6) is 0 Å². The molecule has 2 aliphatic carbocycles. The van der Waals surface area contributed by atoms with Crippen molar-refractivity contribution in [2.75, 3.05) is 11.0 Å². The summed E-state index contributed by atoms with van der Waals surface area (Å²) in [6.07, 6.45) is -1.46. The van der Waals surface area contributed by atoms with Crippen LogP contribution in [0.1, 0.15) is 80.8 Å². The summed E-state index contributed by atoms with van der Waals surface area (Å²) in [4.78, 5) is 38.6. The molecule has 3 atom stereocenters. The number of pyridine rings is 1. The van der Waals surface area contributed by atoms with E-state index in [2.05, 4.69) is 25.2 Å². The molecule has 15 nitrogen and oxygen atoms in total. The molecule has 0 unspecified atom stereocenters. The Labute approximate surface area is 365 Å². The van der Waals surface area contributed by atoms with Crippen molar-refractivity contribution < 1.29 is 48.9 Å². The second-order valence-corrected chi connectivity index (χ2v) is 19.4. The summed E-state index contributed by atoms with van der Waals surface area (Å²) in [5.41, 5.74) is -4.21. The summed E-state index contributed by atoms with van der Waals surface area (Å²) in [5, 5.41) is 10.6. The second kappa shape index (κ2) is 14.8. The standard InChI is InChI=1S/C40H37BClF6N9O6S/c1-38(2)39(3,4)63-41(62-38)18-12-22-34(49-15-18)51-36(57(37(22)59)26-8-7-24(42)29-31(26)55(5)53-35(29)54-64(6,60)61)25(11-17-9-19(43)13-20(44)10-17)50-27(58)16-56-32-28(30(52-56)33(45)46)21-14-23(21)40(32,47)48/h7-10,12-13,15,21,23,25,33H,11,14,16H2,1-6H3,(H,50,58)(H,53,54)/t21-,23+,25-/m0/s1. The molecule has 1 saturated heterocycles. The number of nitrogens with zero attached hydrogens (tertiary/aromatic N) is 7. The molecule has 1 amide bonds. The van der Waals surface area contributed by atoms with Gasteiger partial charge in [-0.3, -0.25) is 28.2 Å². The summed E-state index contributed by atoms with van der Waals surface area (Å²) in [6.45, 7) is 6.33. The van der Waals surface area contributed by atoms with Gasteiger partial charge in [-0.15, -0.1) is 0 Å². The summed E-state index contributed by atoms with van der Waals surface area (Å²) in [5.74, 6) is -9.20. The van der Waals surface area contributed by atoms with Crippen LogP contribution in [0.25, 0.3) is 27.6 Å². The van der Waals surface area contributed by atoms with E-state index in [1.807, 2.05) is 27.7 Å². The lowest BCUT2D eigenvalue weighted by molar-refractivity contribution is -0.123. The van der Waals surface area contributed by atoms with Crippen molar-refractivity contribution in [1.29, 1.82) is 0 Å². The van der Waals surface area contributed by atoms with Crippen LogP contribution in [-0.4, -0.2) is 73.0 Å². The summed E-state index contributed by atoms with van der Waals surface area (Å²) in [6, 6.07) is 5.19. The van der Waals surface area contributed by atoms with Crippen LogP contribution in [0.2, 0.25) is 5.02 Å². The predicted octanol–water partition coefficient (Wildman–Crippen LogP) is 5.71. The van der Waals surface area contributed by atoms with Crippen molar-refractivity contribution in [3.8, 4) is 5.69 Å². The van der Waals surface area contributed by atoms with Crippen molar-refractivity contribution in [3.05, 3.63) is 97.9 Å². The Morgan fingerprint density at radius 2 is 1.72 bits per heavy atom. The molecule has 336 valence electrons. The quantitative estimate of drug-likeness (QED) is 0.121. The zero-order chi connectivity index (χ0) is 46.2. The number of halogens is 7. The molecule has 9 rings (SSSR count). The summed E-state index contributed by atoms with van der Waals surface area (Å²) in [7, 11) is -3.48. The maximum Gasteiger partial charge on any atom is 0.496 e. The third kappa shape index (κ3) is 7.29. The molecule has 1 aliphatic heterocycles. The Bertz CT molecular complexity index is 3110. The molecule has 5 heterocycles. The Hall–Kier alpha value is -5.52. The number of carbonyl (C=O) groups excluding carboxylic acids is 1. The minimum atomic E-state index is -3.94. The smallest absolute Gasteiger partial charge is 0.399 e. The van der Waals surface area contributed by atoms with E-state index in [0.717, 1.165) is 23.0 Å². The van der Waals surface area contributed by atoms with Gasteiger partial charge in [-0.25, -0.2) is 35.9 Å². The molecule has 0 radical (unpaired) electrons. The summed E-state index contributed by atoms with van der Waals surface area (Å²) >= 11 is 6.65. The molecule has 2 N–H and O–H groups in total. The van der Waals surface area contributed by atoms with Crippen molar-refractivity contribution >= 4 is 67.9 Å². The number of hydrogen-bond acceptors (Lipinski definition) is 10. The van der Waals surface area contributed by atoms with Gasteiger partial charge in [-0.1, -0.05) is 11.6 Å². The van der Waals surface area contributed by atoms with Gasteiger partial charge in [0.15, 0.2) is 11.5 Å². The SMILES string of the molecule is Cn1nc(NS(C)(=O)=O)c2c(Cl)ccc(-n3c([C@H](Cc4cc(F)cc(F)c4)NC(=O)Cn4nc(C(F)F)c5c4C(F)(F)[C@@H]4C[C@H]54)nc4ncc(B5OC(C)(C)C(C)(C)O5)cc4c3=O)c21. The Morgan fingerprint density at radius 3 is 2.36 bits per heavy atom. The number of benzene rings is 2. The van der Waals surface area contributed by atoms with Crippen LogP contribution in [0.3, 0.4) is 0 Å². The molecule has 2 fully saturated rings. The highest BCUT2D eigenvalue weighted by Crippen LogP contribution is 2.68. The first-order chi connectivity index (χ1) is 29.8. The van der Waals surface area contributed by atoms with Crippen LogP contribution < -0.4 is 21.1 Å². The minimum Gasteiger partial charge on any atom is -0.399 e. The number of aryl methyl sites for hydroxylation is 1. The van der Waals surface area contributed by atoms with E-state index >= 15 is 13.6 Å². The van der Waals surface area contributed by atoms with Gasteiger partial charge in [-0.2, -0.15) is 19.0 Å². The second-order valence-electron chi connectivity index (χ2n) is 17.3. The van der Waals surface area contributed by atoms with Crippen LogP contribution in [-0.2, 0) is 50.1 Å². The van der Waals surface area contributed by atoms with Crippen LogP contribution in [0.4, 0.5) is 32.2 Å². The highest BCUT2D eigenvalue weighted by molar-refractivity contribution is 7.92. The van der Waals surface area contributed by atoms with E-state index in [9.17, 15) is 30.8 Å². The number of anilines is 1. The van der Waals surface area contributed by atoms with Gasteiger partial charge in [0.1, 0.15) is 35.4 Å². The maximum absolute atomic E-state index is 15.5. The highest BCUT2D eigenvalue weighted by atomic mass is 35.5.